The van der Waals surface area contributed by atoms with Crippen molar-refractivity contribution in [3.8, 4) is 0 Å². The van der Waals surface area contributed by atoms with Crippen LogP contribution in [-0.2, 0) is 9.53 Å². The maximum absolute atomic E-state index is 13.0. The van der Waals surface area contributed by atoms with Crippen LogP contribution in [0.4, 0.5) is 9.18 Å². The maximum Gasteiger partial charge on any atom is 0.339 e. The van der Waals surface area contributed by atoms with Gasteiger partial charge in [0.2, 0.25) is 0 Å². The largest absolute Gasteiger partial charge is 0.449 e. The first kappa shape index (κ1) is 17.6. The first-order valence-corrected chi connectivity index (χ1v) is 6.68. The maximum atomic E-state index is 13.0. The summed E-state index contributed by atoms with van der Waals surface area (Å²) in [6, 6.07) is 4.21. The lowest BCUT2D eigenvalue weighted by Crippen LogP contribution is -2.50. The third-order valence-corrected chi connectivity index (χ3v) is 2.44. The van der Waals surface area contributed by atoms with Crippen LogP contribution in [-0.4, -0.2) is 29.6 Å². The molecule has 0 bridgehead atoms. The highest BCUT2D eigenvalue weighted by atomic mass is 19.1. The third kappa shape index (κ3) is 5.90. The average molecular weight is 310 g/mol. The minimum atomic E-state index is -1.19. The molecule has 0 aromatic heterocycles. The van der Waals surface area contributed by atoms with Gasteiger partial charge in [-0.15, -0.1) is 0 Å². The number of carbonyl (C=O) groups is 3. The smallest absolute Gasteiger partial charge is 0.339 e. The molecule has 0 radical (unpaired) electrons. The van der Waals surface area contributed by atoms with Crippen LogP contribution in [0.15, 0.2) is 24.3 Å². The second-order valence-electron chi connectivity index (χ2n) is 5.75. The van der Waals surface area contributed by atoms with Crippen molar-refractivity contribution in [2.45, 2.75) is 39.3 Å². The van der Waals surface area contributed by atoms with E-state index in [-0.39, 0.29) is 5.56 Å². The molecule has 22 heavy (non-hydrogen) atoms. The van der Waals surface area contributed by atoms with Gasteiger partial charge in [0.05, 0.1) is 5.56 Å². The predicted octanol–water partition coefficient (Wildman–Crippen LogP) is 2.00. The molecule has 1 aromatic rings. The highest BCUT2D eigenvalue weighted by Crippen LogP contribution is 2.07. The first-order chi connectivity index (χ1) is 10.1. The molecule has 1 aromatic carbocycles. The van der Waals surface area contributed by atoms with Crippen LogP contribution in [0, 0.1) is 5.82 Å². The number of esters is 1. The summed E-state index contributed by atoms with van der Waals surface area (Å²) < 4.78 is 17.9. The Hall–Kier alpha value is -2.44. The van der Waals surface area contributed by atoms with Crippen LogP contribution >= 0.6 is 0 Å². The lowest BCUT2D eigenvalue weighted by atomic mass is 10.1. The van der Waals surface area contributed by atoms with Gasteiger partial charge in [0.1, 0.15) is 5.82 Å². The molecule has 120 valence electrons. The quantitative estimate of drug-likeness (QED) is 0.836. The summed E-state index contributed by atoms with van der Waals surface area (Å²) in [7, 11) is 0. The lowest BCUT2D eigenvalue weighted by Gasteiger charge is -2.21. The van der Waals surface area contributed by atoms with Crippen LogP contribution in [0.25, 0.3) is 0 Å². The zero-order valence-electron chi connectivity index (χ0n) is 12.9. The Morgan fingerprint density at radius 3 is 2.41 bits per heavy atom. The molecule has 0 saturated carbocycles. The van der Waals surface area contributed by atoms with Crippen molar-refractivity contribution >= 4 is 17.9 Å². The molecule has 3 amide bonds. The van der Waals surface area contributed by atoms with E-state index in [0.717, 1.165) is 6.07 Å². The zero-order valence-corrected chi connectivity index (χ0v) is 12.9. The van der Waals surface area contributed by atoms with Crippen molar-refractivity contribution in [3.05, 3.63) is 35.6 Å². The number of halogens is 1. The van der Waals surface area contributed by atoms with Gasteiger partial charge in [-0.2, -0.15) is 0 Å². The number of nitrogens with one attached hydrogen (secondary N) is 2. The van der Waals surface area contributed by atoms with Gasteiger partial charge in [-0.05, 0) is 45.9 Å². The van der Waals surface area contributed by atoms with Crippen LogP contribution in [0.2, 0.25) is 0 Å². The van der Waals surface area contributed by atoms with E-state index in [1.165, 1.54) is 25.1 Å². The van der Waals surface area contributed by atoms with E-state index >= 15 is 0 Å². The summed E-state index contributed by atoms with van der Waals surface area (Å²) in [6.45, 7) is 6.58. The molecule has 1 rings (SSSR count). The van der Waals surface area contributed by atoms with Crippen LogP contribution in [0.3, 0.4) is 0 Å². The molecule has 1 atom stereocenters. The van der Waals surface area contributed by atoms with Gasteiger partial charge in [0.25, 0.3) is 5.91 Å². The first-order valence-electron chi connectivity index (χ1n) is 6.68. The molecule has 0 fully saturated rings. The predicted molar refractivity (Wildman–Crippen MR) is 77.7 cm³/mol. The third-order valence-electron chi connectivity index (χ3n) is 2.44. The van der Waals surface area contributed by atoms with Gasteiger partial charge >= 0.3 is 12.0 Å². The number of amides is 3. The Morgan fingerprint density at radius 2 is 1.86 bits per heavy atom. The normalized spacial score (nSPS) is 12.2. The molecule has 0 aliphatic heterocycles. The van der Waals surface area contributed by atoms with E-state index in [1.54, 1.807) is 20.8 Å². The molecule has 0 saturated heterocycles. The number of ether oxygens (including phenoxy) is 1. The van der Waals surface area contributed by atoms with E-state index in [2.05, 4.69) is 10.6 Å². The van der Waals surface area contributed by atoms with Crippen molar-refractivity contribution in [2.75, 3.05) is 0 Å². The fraction of sp³-hybridized carbons (Fsp3) is 0.400. The summed E-state index contributed by atoms with van der Waals surface area (Å²) in [5.74, 6) is -2.21. The van der Waals surface area contributed by atoms with Gasteiger partial charge in [0.15, 0.2) is 6.10 Å². The Labute approximate surface area is 128 Å². The summed E-state index contributed by atoms with van der Waals surface area (Å²) in [5, 5.41) is 4.60. The molecular formula is C15H19FN2O4. The fourth-order valence-electron chi connectivity index (χ4n) is 1.48. The van der Waals surface area contributed by atoms with Gasteiger partial charge < -0.3 is 10.1 Å². The van der Waals surface area contributed by atoms with E-state index in [0.29, 0.717) is 0 Å². The molecule has 0 heterocycles. The number of benzene rings is 1. The fourth-order valence-corrected chi connectivity index (χ4v) is 1.48. The second-order valence-corrected chi connectivity index (χ2v) is 5.75. The Kier molecular flexibility index (Phi) is 5.62. The van der Waals surface area contributed by atoms with E-state index < -0.39 is 35.4 Å². The molecule has 7 heteroatoms. The molecule has 0 spiro atoms. The second kappa shape index (κ2) is 7.02. The molecule has 2 N–H and O–H groups in total. The summed E-state index contributed by atoms with van der Waals surface area (Å²) in [6.07, 6.45) is -1.19. The van der Waals surface area contributed by atoms with Gasteiger partial charge in [0, 0.05) is 5.54 Å². The Balaban J connectivity index is 2.57. The lowest BCUT2D eigenvalue weighted by molar-refractivity contribution is -0.127. The highest BCUT2D eigenvalue weighted by Gasteiger charge is 2.22. The summed E-state index contributed by atoms with van der Waals surface area (Å²) in [4.78, 5) is 35.0. The van der Waals surface area contributed by atoms with Gasteiger partial charge in [-0.1, -0.05) is 6.07 Å². The number of urea groups is 1. The highest BCUT2D eigenvalue weighted by molar-refractivity contribution is 5.98. The van der Waals surface area contributed by atoms with Crippen molar-refractivity contribution < 1.29 is 23.5 Å². The summed E-state index contributed by atoms with van der Waals surface area (Å²) in [5.41, 5.74) is -0.523. The molecular weight excluding hydrogens is 291 g/mol. The van der Waals surface area contributed by atoms with Crippen LogP contribution in [0.1, 0.15) is 38.1 Å². The van der Waals surface area contributed by atoms with Crippen molar-refractivity contribution in [2.24, 2.45) is 0 Å². The van der Waals surface area contributed by atoms with E-state index in [1.807, 2.05) is 0 Å². The zero-order chi connectivity index (χ0) is 16.9. The van der Waals surface area contributed by atoms with Crippen molar-refractivity contribution in [1.82, 2.24) is 10.6 Å². The van der Waals surface area contributed by atoms with Gasteiger partial charge in [-0.25, -0.2) is 14.0 Å². The minimum absolute atomic E-state index is 0.0150. The number of carbonyl (C=O) groups excluding carboxylic acids is 3. The SMILES string of the molecule is CC(OC(=O)c1cccc(F)c1)C(=O)NC(=O)NC(C)(C)C. The van der Waals surface area contributed by atoms with Crippen molar-refractivity contribution in [3.63, 3.8) is 0 Å². The Morgan fingerprint density at radius 1 is 1.23 bits per heavy atom. The minimum Gasteiger partial charge on any atom is -0.449 e. The summed E-state index contributed by atoms with van der Waals surface area (Å²) >= 11 is 0. The molecule has 1 unspecified atom stereocenters. The van der Waals surface area contributed by atoms with Crippen LogP contribution in [0.5, 0.6) is 0 Å². The number of imide groups is 1. The number of hydrogen-bond donors (Lipinski definition) is 2. The molecule has 6 nitrogen and oxygen atoms in total. The topological polar surface area (TPSA) is 84.5 Å². The molecule has 0 aliphatic carbocycles. The average Bonchev–Trinajstić information content (AvgIpc) is 2.36. The van der Waals surface area contributed by atoms with E-state index in [4.69, 9.17) is 4.74 Å². The number of hydrogen-bond acceptors (Lipinski definition) is 4. The monoisotopic (exact) mass is 310 g/mol. The van der Waals surface area contributed by atoms with Gasteiger partial charge in [-0.3, -0.25) is 10.1 Å². The molecule has 0 aliphatic rings. The van der Waals surface area contributed by atoms with Crippen molar-refractivity contribution in [1.29, 1.82) is 0 Å². The Bertz CT molecular complexity index is 581. The number of rotatable bonds is 3. The standard InChI is InChI=1S/C15H19FN2O4/c1-9(12(19)17-14(21)18-15(2,3)4)22-13(20)10-6-5-7-11(16)8-10/h5-9H,1-4H3,(H2,17,18,19,21). The van der Waals surface area contributed by atoms with Crippen LogP contribution < -0.4 is 10.6 Å². The van der Waals surface area contributed by atoms with E-state index in [9.17, 15) is 18.8 Å².